The molecule has 9 nitrogen and oxygen atoms in total. The smallest absolute Gasteiger partial charge is 0.408 e. The topological polar surface area (TPSA) is 120 Å². The lowest BCUT2D eigenvalue weighted by Crippen LogP contribution is -2.44. The third-order valence-electron chi connectivity index (χ3n) is 3.49. The van der Waals surface area contributed by atoms with Crippen molar-refractivity contribution in [3.05, 3.63) is 29.8 Å². The van der Waals surface area contributed by atoms with Crippen molar-refractivity contribution in [3.8, 4) is 0 Å². The highest BCUT2D eigenvalue weighted by atomic mass is 16.6. The number of carbonyl (C=O) groups excluding carboxylic acids is 4. The van der Waals surface area contributed by atoms with Gasteiger partial charge >= 0.3 is 18.0 Å². The van der Waals surface area contributed by atoms with E-state index in [2.05, 4.69) is 15.4 Å². The van der Waals surface area contributed by atoms with E-state index in [-0.39, 0.29) is 19.4 Å². The number of anilines is 1. The first-order valence-corrected chi connectivity index (χ1v) is 9.20. The first-order valence-electron chi connectivity index (χ1n) is 9.20. The largest absolute Gasteiger partial charge is 0.467 e. The van der Waals surface area contributed by atoms with Gasteiger partial charge in [-0.3, -0.25) is 4.79 Å². The quantitative estimate of drug-likeness (QED) is 0.501. The number of nitrogens with one attached hydrogen (secondary N) is 2. The second-order valence-electron chi connectivity index (χ2n) is 7.11. The van der Waals surface area contributed by atoms with Crippen LogP contribution in [0.15, 0.2) is 24.3 Å². The molecule has 0 spiro atoms. The second kappa shape index (κ2) is 11.0. The Morgan fingerprint density at radius 1 is 1.14 bits per heavy atom. The number of esters is 2. The Kier molecular flexibility index (Phi) is 9.11. The monoisotopic (exact) mass is 408 g/mol. The predicted molar refractivity (Wildman–Crippen MR) is 105 cm³/mol. The van der Waals surface area contributed by atoms with Crippen LogP contribution in [0, 0.1) is 0 Å². The first-order chi connectivity index (χ1) is 13.6. The molecule has 0 heterocycles. The molecule has 29 heavy (non-hydrogen) atoms. The number of methoxy groups -OCH3 is 1. The predicted octanol–water partition coefficient (Wildman–Crippen LogP) is 2.65. The molecule has 0 bridgehead atoms. The Labute approximate surface area is 170 Å². The Bertz CT molecular complexity index is 741. The van der Waals surface area contributed by atoms with Crippen LogP contribution in [0.5, 0.6) is 0 Å². The van der Waals surface area contributed by atoms with Gasteiger partial charge in [0.05, 0.1) is 19.3 Å². The van der Waals surface area contributed by atoms with Gasteiger partial charge in [0.1, 0.15) is 11.6 Å². The van der Waals surface area contributed by atoms with Gasteiger partial charge in [-0.05, 0) is 52.3 Å². The lowest BCUT2D eigenvalue weighted by atomic mass is 10.1. The molecule has 160 valence electrons. The van der Waals surface area contributed by atoms with Gasteiger partial charge in [-0.2, -0.15) is 0 Å². The number of amides is 2. The molecule has 0 saturated heterocycles. The van der Waals surface area contributed by atoms with Crippen LogP contribution in [-0.2, 0) is 23.8 Å². The van der Waals surface area contributed by atoms with Gasteiger partial charge < -0.3 is 24.8 Å². The zero-order valence-corrected chi connectivity index (χ0v) is 17.4. The fourth-order valence-corrected chi connectivity index (χ4v) is 2.28. The minimum atomic E-state index is -1.04. The van der Waals surface area contributed by atoms with Crippen LogP contribution in [0.3, 0.4) is 0 Å². The third-order valence-corrected chi connectivity index (χ3v) is 3.49. The van der Waals surface area contributed by atoms with Gasteiger partial charge in [-0.15, -0.1) is 0 Å². The van der Waals surface area contributed by atoms with E-state index in [4.69, 9.17) is 9.47 Å². The van der Waals surface area contributed by atoms with Crippen LogP contribution in [0.4, 0.5) is 10.5 Å². The maximum Gasteiger partial charge on any atom is 0.408 e. The van der Waals surface area contributed by atoms with Crippen LogP contribution >= 0.6 is 0 Å². The van der Waals surface area contributed by atoms with Gasteiger partial charge in [-0.1, -0.05) is 6.07 Å². The van der Waals surface area contributed by atoms with Crippen molar-refractivity contribution in [2.75, 3.05) is 19.0 Å². The average molecular weight is 408 g/mol. The fraction of sp³-hybridized carbons (Fsp3) is 0.500. The summed E-state index contributed by atoms with van der Waals surface area (Å²) in [7, 11) is 1.19. The highest BCUT2D eigenvalue weighted by Crippen LogP contribution is 2.13. The normalized spacial score (nSPS) is 11.8. The van der Waals surface area contributed by atoms with E-state index in [1.807, 2.05) is 0 Å². The molecule has 1 aromatic rings. The van der Waals surface area contributed by atoms with Gasteiger partial charge in [0, 0.05) is 12.1 Å². The second-order valence-corrected chi connectivity index (χ2v) is 7.11. The zero-order chi connectivity index (χ0) is 22.0. The van der Waals surface area contributed by atoms with Crippen molar-refractivity contribution < 1.29 is 33.4 Å². The van der Waals surface area contributed by atoms with E-state index in [0.29, 0.717) is 11.3 Å². The first kappa shape index (κ1) is 23.9. The van der Waals surface area contributed by atoms with E-state index in [1.54, 1.807) is 45.9 Å². The molecular weight excluding hydrogens is 380 g/mol. The van der Waals surface area contributed by atoms with Crippen molar-refractivity contribution >= 4 is 29.6 Å². The summed E-state index contributed by atoms with van der Waals surface area (Å²) in [6.07, 6.45) is -0.843. The maximum atomic E-state index is 12.2. The molecule has 0 aliphatic carbocycles. The van der Waals surface area contributed by atoms with Crippen LogP contribution < -0.4 is 10.6 Å². The average Bonchev–Trinajstić information content (AvgIpc) is 2.63. The summed E-state index contributed by atoms with van der Waals surface area (Å²) in [6.45, 7) is 7.02. The summed E-state index contributed by atoms with van der Waals surface area (Å²) in [4.78, 5) is 47.8. The Morgan fingerprint density at radius 2 is 1.83 bits per heavy atom. The van der Waals surface area contributed by atoms with Crippen molar-refractivity contribution in [1.82, 2.24) is 5.32 Å². The van der Waals surface area contributed by atoms with Crippen molar-refractivity contribution in [2.24, 2.45) is 0 Å². The number of ether oxygens (including phenoxy) is 3. The van der Waals surface area contributed by atoms with Crippen molar-refractivity contribution in [1.29, 1.82) is 0 Å². The van der Waals surface area contributed by atoms with Crippen LogP contribution in [0.25, 0.3) is 0 Å². The molecule has 1 aromatic carbocycles. The molecule has 2 amide bonds. The standard InChI is InChI=1S/C20H28N2O7/c1-6-28-17(24)13-8-7-9-14(12-13)21-16(23)11-10-15(18(25)27-5)22-19(26)29-20(2,3)4/h7-9,12,15H,6,10-11H2,1-5H3,(H,21,23)(H,22,26)/t15-/m0/s1. The molecule has 9 heteroatoms. The molecule has 2 N–H and O–H groups in total. The van der Waals surface area contributed by atoms with E-state index in [1.165, 1.54) is 13.2 Å². The van der Waals surface area contributed by atoms with Gasteiger partial charge in [0.25, 0.3) is 0 Å². The van der Waals surface area contributed by atoms with E-state index in [9.17, 15) is 19.2 Å². The summed E-state index contributed by atoms with van der Waals surface area (Å²) in [6, 6.07) is 5.27. The summed E-state index contributed by atoms with van der Waals surface area (Å²) >= 11 is 0. The SMILES string of the molecule is CCOC(=O)c1cccc(NC(=O)CC[C@H](NC(=O)OC(C)(C)C)C(=O)OC)c1. The maximum absolute atomic E-state index is 12.2. The Hall–Kier alpha value is -3.10. The van der Waals surface area contributed by atoms with E-state index in [0.717, 1.165) is 0 Å². The zero-order valence-electron chi connectivity index (χ0n) is 17.4. The third kappa shape index (κ3) is 9.09. The minimum absolute atomic E-state index is 0.00924. The van der Waals surface area contributed by atoms with Crippen molar-refractivity contribution in [3.63, 3.8) is 0 Å². The van der Waals surface area contributed by atoms with Crippen molar-refractivity contribution in [2.45, 2.75) is 52.2 Å². The number of carbonyl (C=O) groups is 4. The summed E-state index contributed by atoms with van der Waals surface area (Å²) in [5.41, 5.74) is -0.00884. The molecule has 1 rings (SSSR count). The van der Waals surface area contributed by atoms with Gasteiger partial charge in [-0.25, -0.2) is 14.4 Å². The summed E-state index contributed by atoms with van der Waals surface area (Å²) < 4.78 is 14.7. The molecule has 1 atom stereocenters. The molecule has 0 aliphatic heterocycles. The Morgan fingerprint density at radius 3 is 2.41 bits per heavy atom. The molecule has 0 radical (unpaired) electrons. The number of rotatable bonds is 8. The highest BCUT2D eigenvalue weighted by Gasteiger charge is 2.25. The summed E-state index contributed by atoms with van der Waals surface area (Å²) in [5, 5.41) is 5.05. The van der Waals surface area contributed by atoms with Crippen LogP contribution in [-0.4, -0.2) is 49.3 Å². The highest BCUT2D eigenvalue weighted by molar-refractivity contribution is 5.94. The molecule has 0 unspecified atom stereocenters. The lowest BCUT2D eigenvalue weighted by Gasteiger charge is -2.22. The molecule has 0 saturated carbocycles. The fourth-order valence-electron chi connectivity index (χ4n) is 2.28. The number of hydrogen-bond donors (Lipinski definition) is 2. The van der Waals surface area contributed by atoms with Crippen LogP contribution in [0.2, 0.25) is 0 Å². The number of benzene rings is 1. The van der Waals surface area contributed by atoms with E-state index < -0.39 is 35.6 Å². The molecule has 0 aliphatic rings. The minimum Gasteiger partial charge on any atom is -0.467 e. The summed E-state index contributed by atoms with van der Waals surface area (Å²) in [5.74, 6) is -1.57. The van der Waals surface area contributed by atoms with E-state index >= 15 is 0 Å². The number of hydrogen-bond acceptors (Lipinski definition) is 7. The number of alkyl carbamates (subject to hydrolysis) is 1. The molecule has 0 aromatic heterocycles. The lowest BCUT2D eigenvalue weighted by molar-refractivity contribution is -0.143. The van der Waals surface area contributed by atoms with Gasteiger partial charge in [0.15, 0.2) is 0 Å². The van der Waals surface area contributed by atoms with Gasteiger partial charge in [0.2, 0.25) is 5.91 Å². The molecule has 0 fully saturated rings. The molecular formula is C20H28N2O7. The van der Waals surface area contributed by atoms with Crippen LogP contribution in [0.1, 0.15) is 50.9 Å². The Balaban J connectivity index is 2.67.